The second kappa shape index (κ2) is 2.24. The molecular formula is C7H14BNO. The van der Waals surface area contributed by atoms with Crippen molar-refractivity contribution in [3.8, 4) is 0 Å². The lowest BCUT2D eigenvalue weighted by molar-refractivity contribution is 0.0131. The summed E-state index contributed by atoms with van der Waals surface area (Å²) < 4.78 is 0. The Morgan fingerprint density at radius 3 is 2.00 bits per heavy atom. The number of hydrogen-bond donors (Lipinski definition) is 2. The molecular weight excluding hydrogens is 125 g/mol. The molecule has 0 saturated heterocycles. The van der Waals surface area contributed by atoms with Crippen LogP contribution in [-0.2, 0) is 0 Å². The maximum atomic E-state index is 9.50. The Hall–Kier alpha value is -0.0151. The second-order valence-electron chi connectivity index (χ2n) is 3.73. The average Bonchev–Trinajstić information content (AvgIpc) is 1.79. The van der Waals surface area contributed by atoms with Gasteiger partial charge in [0, 0.05) is 0 Å². The quantitative estimate of drug-likeness (QED) is 0.468. The number of nitrogens with two attached hydrogens (primary N) is 1. The van der Waals surface area contributed by atoms with Crippen molar-refractivity contribution < 1.29 is 5.11 Å². The smallest absolute Gasteiger partial charge is 0.0950 e. The molecule has 3 heteroatoms. The topological polar surface area (TPSA) is 46.2 Å². The lowest BCUT2D eigenvalue weighted by Crippen LogP contribution is -2.48. The van der Waals surface area contributed by atoms with Crippen LogP contribution in [0, 0.1) is 0 Å². The van der Waals surface area contributed by atoms with E-state index in [1.54, 1.807) is 0 Å². The summed E-state index contributed by atoms with van der Waals surface area (Å²) in [5, 5.41) is 9.50. The van der Waals surface area contributed by atoms with Crippen LogP contribution in [-0.4, -0.2) is 24.0 Å². The van der Waals surface area contributed by atoms with Gasteiger partial charge in [-0.1, -0.05) is 0 Å². The van der Waals surface area contributed by atoms with Gasteiger partial charge < -0.3 is 10.8 Å². The van der Waals surface area contributed by atoms with E-state index in [0.717, 1.165) is 25.7 Å². The average molecular weight is 139 g/mol. The van der Waals surface area contributed by atoms with Crippen LogP contribution in [0.2, 0.25) is 0 Å². The van der Waals surface area contributed by atoms with Crippen LogP contribution in [0.5, 0.6) is 0 Å². The fourth-order valence-corrected chi connectivity index (χ4v) is 1.25. The zero-order valence-electron chi connectivity index (χ0n) is 6.43. The second-order valence-corrected chi connectivity index (χ2v) is 3.73. The van der Waals surface area contributed by atoms with Gasteiger partial charge in [0.1, 0.15) is 0 Å². The zero-order chi connectivity index (χ0) is 7.83. The van der Waals surface area contributed by atoms with Crippen molar-refractivity contribution in [2.45, 2.75) is 43.6 Å². The fourth-order valence-electron chi connectivity index (χ4n) is 1.25. The molecule has 3 N–H and O–H groups in total. The number of aliphatic hydroxyl groups is 1. The highest BCUT2D eigenvalue weighted by Gasteiger charge is 2.32. The van der Waals surface area contributed by atoms with Gasteiger partial charge in [-0.15, -0.1) is 0 Å². The highest BCUT2D eigenvalue weighted by Crippen LogP contribution is 2.30. The standard InChI is InChI=1S/C7H14BNO/c1-6(10)2-4-7(8,9)5-3-6/h10H,2-5,9H2,1H3. The molecule has 0 aromatic carbocycles. The van der Waals surface area contributed by atoms with Gasteiger partial charge in [0.2, 0.25) is 0 Å². The Labute approximate surface area is 63.2 Å². The van der Waals surface area contributed by atoms with Crippen molar-refractivity contribution in [2.24, 2.45) is 5.73 Å². The predicted molar refractivity (Wildman–Crippen MR) is 41.8 cm³/mol. The molecule has 0 amide bonds. The van der Waals surface area contributed by atoms with Crippen LogP contribution in [0.25, 0.3) is 0 Å². The Morgan fingerprint density at radius 1 is 1.30 bits per heavy atom. The Bertz CT molecular complexity index is 106. The number of rotatable bonds is 0. The lowest BCUT2D eigenvalue weighted by atomic mass is 9.65. The van der Waals surface area contributed by atoms with Gasteiger partial charge in [-0.05, 0) is 38.0 Å². The van der Waals surface area contributed by atoms with E-state index in [4.69, 9.17) is 13.6 Å². The first-order valence-corrected chi connectivity index (χ1v) is 3.72. The molecule has 0 aliphatic heterocycles. The van der Waals surface area contributed by atoms with E-state index in [1.165, 1.54) is 0 Å². The van der Waals surface area contributed by atoms with Crippen molar-refractivity contribution in [3.05, 3.63) is 0 Å². The molecule has 2 nitrogen and oxygen atoms in total. The van der Waals surface area contributed by atoms with Crippen LogP contribution in [0.3, 0.4) is 0 Å². The van der Waals surface area contributed by atoms with Gasteiger partial charge in [-0.2, -0.15) is 0 Å². The third kappa shape index (κ3) is 1.99. The van der Waals surface area contributed by atoms with Crippen LogP contribution in [0.1, 0.15) is 32.6 Å². The lowest BCUT2D eigenvalue weighted by Gasteiger charge is -2.38. The normalized spacial score (nSPS) is 49.1. The molecule has 0 aromatic heterocycles. The highest BCUT2D eigenvalue weighted by atomic mass is 16.3. The van der Waals surface area contributed by atoms with Crippen LogP contribution in [0.4, 0.5) is 0 Å². The van der Waals surface area contributed by atoms with Gasteiger partial charge in [-0.3, -0.25) is 0 Å². The van der Waals surface area contributed by atoms with E-state index in [0.29, 0.717) is 0 Å². The van der Waals surface area contributed by atoms with E-state index < -0.39 is 11.0 Å². The summed E-state index contributed by atoms with van der Waals surface area (Å²) in [4.78, 5) is 0. The predicted octanol–water partition coefficient (Wildman–Crippen LogP) is 0.135. The molecule has 10 heavy (non-hydrogen) atoms. The zero-order valence-corrected chi connectivity index (χ0v) is 6.43. The maximum Gasteiger partial charge on any atom is 0.0950 e. The maximum absolute atomic E-state index is 9.50. The van der Waals surface area contributed by atoms with Crippen LogP contribution < -0.4 is 5.73 Å². The summed E-state index contributed by atoms with van der Waals surface area (Å²) in [5.41, 5.74) is 4.61. The molecule has 0 bridgehead atoms. The van der Waals surface area contributed by atoms with E-state index in [1.807, 2.05) is 6.92 Å². The Morgan fingerprint density at radius 2 is 1.70 bits per heavy atom. The molecule has 0 aromatic rings. The first kappa shape index (κ1) is 8.09. The molecule has 0 heterocycles. The van der Waals surface area contributed by atoms with Crippen molar-refractivity contribution in [1.29, 1.82) is 0 Å². The van der Waals surface area contributed by atoms with Gasteiger partial charge in [-0.25, -0.2) is 0 Å². The van der Waals surface area contributed by atoms with Crippen LogP contribution in [0.15, 0.2) is 0 Å². The summed E-state index contributed by atoms with van der Waals surface area (Å²) in [5.74, 6) is 0. The van der Waals surface area contributed by atoms with E-state index in [2.05, 4.69) is 0 Å². The summed E-state index contributed by atoms with van der Waals surface area (Å²) in [6.45, 7) is 1.84. The summed E-state index contributed by atoms with van der Waals surface area (Å²) in [6, 6.07) is 0. The molecule has 1 fully saturated rings. The number of hydrogen-bond acceptors (Lipinski definition) is 2. The van der Waals surface area contributed by atoms with E-state index in [9.17, 15) is 5.11 Å². The third-order valence-electron chi connectivity index (χ3n) is 2.26. The van der Waals surface area contributed by atoms with Crippen molar-refractivity contribution in [1.82, 2.24) is 0 Å². The summed E-state index contributed by atoms with van der Waals surface area (Å²) in [6.07, 6.45) is 2.89. The first-order valence-electron chi connectivity index (χ1n) is 3.72. The van der Waals surface area contributed by atoms with E-state index in [-0.39, 0.29) is 0 Å². The van der Waals surface area contributed by atoms with Gasteiger partial charge in [0.25, 0.3) is 0 Å². The van der Waals surface area contributed by atoms with Crippen molar-refractivity contribution >= 4 is 7.85 Å². The largest absolute Gasteiger partial charge is 0.390 e. The van der Waals surface area contributed by atoms with Gasteiger partial charge in [0.15, 0.2) is 0 Å². The molecule has 1 rings (SSSR count). The molecule has 0 unspecified atom stereocenters. The monoisotopic (exact) mass is 139 g/mol. The van der Waals surface area contributed by atoms with Gasteiger partial charge >= 0.3 is 0 Å². The summed E-state index contributed by atoms with van der Waals surface area (Å²) in [7, 11) is 5.67. The first-order chi connectivity index (χ1) is 4.41. The molecule has 1 aliphatic carbocycles. The Balaban J connectivity index is 2.46. The van der Waals surface area contributed by atoms with E-state index >= 15 is 0 Å². The van der Waals surface area contributed by atoms with Gasteiger partial charge in [0.05, 0.1) is 13.4 Å². The van der Waals surface area contributed by atoms with Crippen molar-refractivity contribution in [2.75, 3.05) is 0 Å². The minimum absolute atomic E-state index is 0.526. The van der Waals surface area contributed by atoms with Crippen molar-refractivity contribution in [3.63, 3.8) is 0 Å². The molecule has 0 spiro atoms. The minimum Gasteiger partial charge on any atom is -0.390 e. The SMILES string of the molecule is [B]C1(N)CCC(C)(O)CC1. The Kier molecular flexibility index (Phi) is 1.81. The minimum atomic E-state index is -0.526. The summed E-state index contributed by atoms with van der Waals surface area (Å²) >= 11 is 0. The fraction of sp³-hybridized carbons (Fsp3) is 1.00. The molecule has 0 atom stereocenters. The molecule has 1 saturated carbocycles. The molecule has 56 valence electrons. The third-order valence-corrected chi connectivity index (χ3v) is 2.26. The molecule has 1 aliphatic rings. The highest BCUT2D eigenvalue weighted by molar-refractivity contribution is 6.15. The molecule has 2 radical (unpaired) electrons. The van der Waals surface area contributed by atoms with Crippen LogP contribution >= 0.6 is 0 Å².